The highest BCUT2D eigenvalue weighted by atomic mass is 16.7. The fraction of sp³-hybridized carbons (Fsp3) is 0.353. The molecule has 0 unspecified atom stereocenters. The van der Waals surface area contributed by atoms with Crippen LogP contribution in [0.4, 0.5) is 11.6 Å². The molecule has 3 heterocycles. The molecule has 2 aliphatic heterocycles. The number of aromatic nitrogens is 2. The molecule has 7 nitrogen and oxygen atoms in total. The lowest BCUT2D eigenvalue weighted by Crippen LogP contribution is -2.30. The van der Waals surface area contributed by atoms with Gasteiger partial charge < -0.3 is 19.7 Å². The summed E-state index contributed by atoms with van der Waals surface area (Å²) in [5.41, 5.74) is 0.498. The van der Waals surface area contributed by atoms with Crippen molar-refractivity contribution in [3.05, 3.63) is 36.2 Å². The summed E-state index contributed by atoms with van der Waals surface area (Å²) in [5, 5.41) is 2.82. The maximum absolute atomic E-state index is 12.4. The van der Waals surface area contributed by atoms with Crippen LogP contribution in [0, 0.1) is 0 Å². The van der Waals surface area contributed by atoms with Gasteiger partial charge in [0.2, 0.25) is 6.79 Å². The number of benzene rings is 1. The van der Waals surface area contributed by atoms with Crippen molar-refractivity contribution in [1.29, 1.82) is 0 Å². The molecule has 1 amide bonds. The van der Waals surface area contributed by atoms with Crippen LogP contribution in [0.25, 0.3) is 0 Å². The molecule has 24 heavy (non-hydrogen) atoms. The van der Waals surface area contributed by atoms with Gasteiger partial charge in [-0.1, -0.05) is 0 Å². The predicted octanol–water partition coefficient (Wildman–Crippen LogP) is 2.45. The number of fused-ring (bicyclic) bond motifs is 1. The Morgan fingerprint density at radius 2 is 1.88 bits per heavy atom. The topological polar surface area (TPSA) is 76.6 Å². The fourth-order valence-corrected chi connectivity index (χ4v) is 2.94. The lowest BCUT2D eigenvalue weighted by Gasteiger charge is -2.27. The highest BCUT2D eigenvalue weighted by molar-refractivity contribution is 6.04. The van der Waals surface area contributed by atoms with E-state index in [4.69, 9.17) is 9.47 Å². The number of hydrogen-bond donors (Lipinski definition) is 1. The summed E-state index contributed by atoms with van der Waals surface area (Å²) >= 11 is 0. The molecule has 0 aliphatic carbocycles. The monoisotopic (exact) mass is 326 g/mol. The normalized spacial score (nSPS) is 16.1. The van der Waals surface area contributed by atoms with E-state index in [0.717, 1.165) is 18.9 Å². The van der Waals surface area contributed by atoms with E-state index in [2.05, 4.69) is 20.2 Å². The van der Waals surface area contributed by atoms with E-state index in [0.29, 0.717) is 22.9 Å². The van der Waals surface area contributed by atoms with Gasteiger partial charge in [-0.25, -0.2) is 9.97 Å². The molecule has 2 aliphatic rings. The first-order valence-electron chi connectivity index (χ1n) is 8.07. The number of nitrogens with zero attached hydrogens (tertiary/aromatic N) is 3. The molecule has 1 aromatic heterocycles. The Kier molecular flexibility index (Phi) is 3.90. The second kappa shape index (κ2) is 6.35. The molecule has 0 spiro atoms. The molecule has 7 heteroatoms. The lowest BCUT2D eigenvalue weighted by atomic mass is 10.1. The van der Waals surface area contributed by atoms with Crippen molar-refractivity contribution in [1.82, 2.24) is 9.97 Å². The number of amides is 1. The van der Waals surface area contributed by atoms with Gasteiger partial charge in [-0.05, 0) is 37.5 Å². The minimum atomic E-state index is -0.239. The average Bonchev–Trinajstić information content (AvgIpc) is 3.10. The summed E-state index contributed by atoms with van der Waals surface area (Å²) in [6, 6.07) is 6.92. The quantitative estimate of drug-likeness (QED) is 0.933. The van der Waals surface area contributed by atoms with Gasteiger partial charge in [0.1, 0.15) is 18.0 Å². The molecule has 124 valence electrons. The summed E-state index contributed by atoms with van der Waals surface area (Å²) in [4.78, 5) is 23.1. The van der Waals surface area contributed by atoms with Gasteiger partial charge in [0, 0.05) is 24.7 Å². The Balaban J connectivity index is 1.49. The Bertz CT molecular complexity index is 759. The van der Waals surface area contributed by atoms with Crippen molar-refractivity contribution in [3.8, 4) is 11.5 Å². The van der Waals surface area contributed by atoms with E-state index >= 15 is 0 Å². The molecule has 0 atom stereocenters. The summed E-state index contributed by atoms with van der Waals surface area (Å²) in [5.74, 6) is 2.34. The molecule has 0 radical (unpaired) electrons. The summed E-state index contributed by atoms with van der Waals surface area (Å²) in [6.07, 6.45) is 5.08. The third-order valence-electron chi connectivity index (χ3n) is 4.21. The van der Waals surface area contributed by atoms with E-state index in [9.17, 15) is 4.79 Å². The van der Waals surface area contributed by atoms with E-state index in [1.165, 1.54) is 25.6 Å². The first-order chi connectivity index (χ1) is 11.8. The molecule has 1 N–H and O–H groups in total. The zero-order valence-electron chi connectivity index (χ0n) is 13.2. The number of piperidine rings is 1. The van der Waals surface area contributed by atoms with Crippen molar-refractivity contribution >= 4 is 17.5 Å². The van der Waals surface area contributed by atoms with Gasteiger partial charge in [-0.3, -0.25) is 4.79 Å². The van der Waals surface area contributed by atoms with Crippen LogP contribution in [-0.2, 0) is 0 Å². The van der Waals surface area contributed by atoms with Crippen molar-refractivity contribution in [2.24, 2.45) is 0 Å². The van der Waals surface area contributed by atoms with Crippen LogP contribution in [0.1, 0.15) is 29.6 Å². The minimum Gasteiger partial charge on any atom is -0.454 e. The third-order valence-corrected chi connectivity index (χ3v) is 4.21. The second-order valence-electron chi connectivity index (χ2n) is 5.83. The van der Waals surface area contributed by atoms with Gasteiger partial charge >= 0.3 is 0 Å². The maximum Gasteiger partial charge on any atom is 0.256 e. The highest BCUT2D eigenvalue weighted by Gasteiger charge is 2.17. The Morgan fingerprint density at radius 3 is 2.75 bits per heavy atom. The van der Waals surface area contributed by atoms with E-state index in [1.807, 2.05) is 6.07 Å². The number of carbonyl (C=O) groups is 1. The number of rotatable bonds is 3. The summed E-state index contributed by atoms with van der Waals surface area (Å²) in [6.45, 7) is 2.17. The smallest absolute Gasteiger partial charge is 0.256 e. The average molecular weight is 326 g/mol. The van der Waals surface area contributed by atoms with Gasteiger partial charge in [-0.15, -0.1) is 0 Å². The number of nitrogens with one attached hydrogen (secondary N) is 1. The van der Waals surface area contributed by atoms with Crippen LogP contribution >= 0.6 is 0 Å². The number of carbonyl (C=O) groups excluding carboxylic acids is 1. The Labute approximate surface area is 139 Å². The molecule has 0 bridgehead atoms. The van der Waals surface area contributed by atoms with Crippen LogP contribution in [0.5, 0.6) is 11.5 Å². The van der Waals surface area contributed by atoms with Gasteiger partial charge in [0.15, 0.2) is 11.5 Å². The Morgan fingerprint density at radius 1 is 1.04 bits per heavy atom. The summed E-state index contributed by atoms with van der Waals surface area (Å²) < 4.78 is 10.6. The van der Waals surface area contributed by atoms with Gasteiger partial charge in [0.05, 0.1) is 0 Å². The molecule has 1 saturated heterocycles. The second-order valence-corrected chi connectivity index (χ2v) is 5.83. The zero-order chi connectivity index (χ0) is 16.4. The van der Waals surface area contributed by atoms with Crippen LogP contribution in [0.15, 0.2) is 30.6 Å². The number of ether oxygens (including phenoxy) is 2. The minimum absolute atomic E-state index is 0.186. The van der Waals surface area contributed by atoms with Crippen molar-refractivity contribution in [2.45, 2.75) is 19.3 Å². The first-order valence-corrected chi connectivity index (χ1v) is 8.07. The maximum atomic E-state index is 12.4. The Hall–Kier alpha value is -2.83. The highest BCUT2D eigenvalue weighted by Crippen LogP contribution is 2.32. The fourth-order valence-electron chi connectivity index (χ4n) is 2.94. The van der Waals surface area contributed by atoms with Gasteiger partial charge in [0.25, 0.3) is 5.91 Å². The molecule has 1 aromatic carbocycles. The molecule has 4 rings (SSSR count). The van der Waals surface area contributed by atoms with Crippen molar-refractivity contribution in [3.63, 3.8) is 0 Å². The molecule has 2 aromatic rings. The van der Waals surface area contributed by atoms with Crippen LogP contribution in [0.2, 0.25) is 0 Å². The summed E-state index contributed by atoms with van der Waals surface area (Å²) in [7, 11) is 0. The zero-order valence-corrected chi connectivity index (χ0v) is 13.2. The number of hydrogen-bond acceptors (Lipinski definition) is 6. The SMILES string of the molecule is O=C(Nc1cc(N2CCCCC2)ncn1)c1ccc2c(c1)OCO2. The van der Waals surface area contributed by atoms with Gasteiger partial charge in [-0.2, -0.15) is 0 Å². The standard InChI is InChI=1S/C17H18N4O3/c22-17(12-4-5-13-14(8-12)24-11-23-13)20-15-9-16(19-10-18-15)21-6-2-1-3-7-21/h4-5,8-10H,1-3,6-7,11H2,(H,18,19,20,22). The number of anilines is 2. The largest absolute Gasteiger partial charge is 0.454 e. The van der Waals surface area contributed by atoms with Crippen LogP contribution < -0.4 is 19.7 Å². The first kappa shape index (κ1) is 14.7. The van der Waals surface area contributed by atoms with Crippen molar-refractivity contribution in [2.75, 3.05) is 30.1 Å². The third kappa shape index (κ3) is 2.97. The van der Waals surface area contributed by atoms with Crippen molar-refractivity contribution < 1.29 is 14.3 Å². The van der Waals surface area contributed by atoms with E-state index < -0.39 is 0 Å². The predicted molar refractivity (Wildman–Crippen MR) is 88.6 cm³/mol. The van der Waals surface area contributed by atoms with Crippen LogP contribution in [0.3, 0.4) is 0 Å². The molecule has 0 saturated carbocycles. The lowest BCUT2D eigenvalue weighted by molar-refractivity contribution is 0.102. The van der Waals surface area contributed by atoms with E-state index in [1.54, 1.807) is 18.2 Å². The molecular formula is C17H18N4O3. The molecule has 1 fully saturated rings. The van der Waals surface area contributed by atoms with Crippen LogP contribution in [-0.4, -0.2) is 35.8 Å². The molecular weight excluding hydrogens is 308 g/mol. The van der Waals surface area contributed by atoms with E-state index in [-0.39, 0.29) is 12.7 Å².